The molecule has 1 aliphatic heterocycles. The Kier molecular flexibility index (Phi) is 3.33. The van der Waals surface area contributed by atoms with Crippen LogP contribution in [0.5, 0.6) is 0 Å². The Balaban J connectivity index is 1.08. The van der Waals surface area contributed by atoms with E-state index in [9.17, 15) is 0 Å². The fourth-order valence-corrected chi connectivity index (χ4v) is 6.09. The molecule has 1 unspecified atom stereocenters. The fourth-order valence-electron chi connectivity index (χ4n) is 6.09. The van der Waals surface area contributed by atoms with Crippen LogP contribution in [0.15, 0.2) is 18.3 Å². The second-order valence-corrected chi connectivity index (χ2v) is 9.46. The molecule has 2 aromatic rings. The van der Waals surface area contributed by atoms with Crippen molar-refractivity contribution in [1.82, 2.24) is 25.1 Å². The highest BCUT2D eigenvalue weighted by Gasteiger charge is 2.51. The molecule has 27 heavy (non-hydrogen) atoms. The van der Waals surface area contributed by atoms with Gasteiger partial charge < -0.3 is 15.5 Å². The van der Waals surface area contributed by atoms with Crippen molar-refractivity contribution in [2.45, 2.75) is 44.1 Å². The van der Waals surface area contributed by atoms with Gasteiger partial charge in [-0.05, 0) is 62.5 Å². The van der Waals surface area contributed by atoms with E-state index in [1.165, 1.54) is 50.9 Å². The number of hydrogen-bond donors (Lipinski definition) is 3. The molecule has 3 heterocycles. The Morgan fingerprint density at radius 2 is 2.04 bits per heavy atom. The molecule has 1 spiro atoms. The van der Waals surface area contributed by atoms with Gasteiger partial charge in [0.2, 0.25) is 5.95 Å². The number of rotatable bonds is 5. The van der Waals surface area contributed by atoms with Crippen molar-refractivity contribution in [1.29, 1.82) is 0 Å². The van der Waals surface area contributed by atoms with E-state index in [1.807, 2.05) is 12.3 Å². The average molecular weight is 365 g/mol. The maximum atomic E-state index is 4.63. The monoisotopic (exact) mass is 365 g/mol. The Morgan fingerprint density at radius 1 is 1.19 bits per heavy atom. The average Bonchev–Trinajstić information content (AvgIpc) is 3.25. The summed E-state index contributed by atoms with van der Waals surface area (Å²) in [5, 5.41) is 14.5. The Bertz CT molecular complexity index is 842. The van der Waals surface area contributed by atoms with Crippen LogP contribution in [0.25, 0.3) is 0 Å². The molecule has 1 atom stereocenters. The van der Waals surface area contributed by atoms with Gasteiger partial charge >= 0.3 is 0 Å². The standard InChI is InChI=1S/C20H27N7/c1-27-10-20(11-27)8-14(9-20)22-19-21-3-2-17(24-19)23-18-7-16(25-26-18)15-6-12-4-13(15)5-12/h2-3,7,12-15H,4-6,8-11H2,1H3,(H3,21,22,23,24,25,26)/t12-,13+,15?. The van der Waals surface area contributed by atoms with Crippen molar-refractivity contribution >= 4 is 17.6 Å². The SMILES string of the molecule is CN1CC2(CC(Nc3nccc(Nc4cc(C5C[C@H]6C[C@@H]5C6)[nH]n4)n3)C2)C1. The Hall–Kier alpha value is -2.15. The molecule has 7 rings (SSSR count). The van der Waals surface area contributed by atoms with Gasteiger partial charge in [0, 0.05) is 43.0 Å². The van der Waals surface area contributed by atoms with Gasteiger partial charge in [-0.2, -0.15) is 10.1 Å². The zero-order chi connectivity index (χ0) is 18.0. The first kappa shape index (κ1) is 15.9. The third-order valence-corrected chi connectivity index (χ3v) is 7.24. The van der Waals surface area contributed by atoms with E-state index in [4.69, 9.17) is 0 Å². The van der Waals surface area contributed by atoms with Gasteiger partial charge in [-0.25, -0.2) is 4.98 Å². The maximum Gasteiger partial charge on any atom is 0.224 e. The number of anilines is 3. The van der Waals surface area contributed by atoms with Crippen molar-refractivity contribution in [3.05, 3.63) is 24.0 Å². The highest BCUT2D eigenvalue weighted by Crippen LogP contribution is 2.56. The lowest BCUT2D eigenvalue weighted by molar-refractivity contribution is -0.0514. The molecule has 4 aliphatic carbocycles. The first-order chi connectivity index (χ1) is 13.1. The quantitative estimate of drug-likeness (QED) is 0.756. The molecule has 4 saturated carbocycles. The molecule has 0 amide bonds. The first-order valence-corrected chi connectivity index (χ1v) is 10.2. The van der Waals surface area contributed by atoms with Gasteiger partial charge in [-0.15, -0.1) is 0 Å². The molecule has 5 fully saturated rings. The topological polar surface area (TPSA) is 81.8 Å². The van der Waals surface area contributed by atoms with Crippen LogP contribution in [-0.4, -0.2) is 51.2 Å². The van der Waals surface area contributed by atoms with Crippen LogP contribution in [0.3, 0.4) is 0 Å². The summed E-state index contributed by atoms with van der Waals surface area (Å²) in [6.07, 6.45) is 8.41. The van der Waals surface area contributed by atoms with Crippen molar-refractivity contribution < 1.29 is 0 Å². The zero-order valence-corrected chi connectivity index (χ0v) is 15.8. The number of nitrogens with one attached hydrogen (secondary N) is 3. The van der Waals surface area contributed by atoms with Crippen LogP contribution in [0.4, 0.5) is 17.6 Å². The van der Waals surface area contributed by atoms with E-state index in [1.54, 1.807) is 0 Å². The molecule has 7 heteroatoms. The van der Waals surface area contributed by atoms with Crippen LogP contribution < -0.4 is 10.6 Å². The van der Waals surface area contributed by atoms with Crippen LogP contribution in [0, 0.1) is 17.3 Å². The molecule has 3 N–H and O–H groups in total. The molecule has 142 valence electrons. The van der Waals surface area contributed by atoms with Crippen molar-refractivity contribution in [3.8, 4) is 0 Å². The second kappa shape index (κ2) is 5.67. The summed E-state index contributed by atoms with van der Waals surface area (Å²) >= 11 is 0. The molecular formula is C20H27N7. The molecule has 5 aliphatic rings. The van der Waals surface area contributed by atoms with E-state index in [0.717, 1.165) is 23.5 Å². The molecular weight excluding hydrogens is 338 g/mol. The number of aromatic nitrogens is 4. The fraction of sp³-hybridized carbons (Fsp3) is 0.650. The number of H-pyrrole nitrogens is 1. The summed E-state index contributed by atoms with van der Waals surface area (Å²) in [7, 11) is 2.19. The van der Waals surface area contributed by atoms with Crippen molar-refractivity contribution in [3.63, 3.8) is 0 Å². The van der Waals surface area contributed by atoms with E-state index in [0.29, 0.717) is 23.3 Å². The summed E-state index contributed by atoms with van der Waals surface area (Å²) in [5.74, 6) is 4.86. The highest BCUT2D eigenvalue weighted by molar-refractivity contribution is 5.53. The minimum Gasteiger partial charge on any atom is -0.351 e. The number of fused-ring (bicyclic) bond motifs is 1. The van der Waals surface area contributed by atoms with Gasteiger partial charge in [0.1, 0.15) is 5.82 Å². The van der Waals surface area contributed by atoms with Crippen LogP contribution >= 0.6 is 0 Å². The maximum absolute atomic E-state index is 4.63. The van der Waals surface area contributed by atoms with E-state index in [2.05, 4.69) is 48.8 Å². The normalized spacial score (nSPS) is 31.2. The van der Waals surface area contributed by atoms with Gasteiger partial charge in [-0.1, -0.05) is 0 Å². The molecule has 0 radical (unpaired) electrons. The van der Waals surface area contributed by atoms with Crippen molar-refractivity contribution in [2.75, 3.05) is 30.8 Å². The predicted octanol–water partition coefficient (Wildman–Crippen LogP) is 2.96. The minimum atomic E-state index is 0.500. The molecule has 1 saturated heterocycles. The third-order valence-electron chi connectivity index (χ3n) is 7.24. The lowest BCUT2D eigenvalue weighted by Gasteiger charge is -2.58. The van der Waals surface area contributed by atoms with Crippen molar-refractivity contribution in [2.24, 2.45) is 17.3 Å². The first-order valence-electron chi connectivity index (χ1n) is 10.2. The summed E-state index contributed by atoms with van der Waals surface area (Å²) in [6, 6.07) is 4.55. The number of hydrogen-bond acceptors (Lipinski definition) is 6. The summed E-state index contributed by atoms with van der Waals surface area (Å²) < 4.78 is 0. The summed E-state index contributed by atoms with van der Waals surface area (Å²) in [5.41, 5.74) is 1.84. The highest BCUT2D eigenvalue weighted by atomic mass is 15.2. The summed E-state index contributed by atoms with van der Waals surface area (Å²) in [6.45, 7) is 2.47. The lowest BCUT2D eigenvalue weighted by Crippen LogP contribution is -2.63. The van der Waals surface area contributed by atoms with Gasteiger partial charge in [-0.3, -0.25) is 5.10 Å². The third kappa shape index (κ3) is 2.71. The number of nitrogens with zero attached hydrogens (tertiary/aromatic N) is 4. The molecule has 2 aromatic heterocycles. The molecule has 0 aromatic carbocycles. The zero-order valence-electron chi connectivity index (χ0n) is 15.8. The largest absolute Gasteiger partial charge is 0.351 e. The Labute approximate surface area is 159 Å². The lowest BCUT2D eigenvalue weighted by atomic mass is 9.61. The van der Waals surface area contributed by atoms with Crippen LogP contribution in [0.1, 0.15) is 43.7 Å². The van der Waals surface area contributed by atoms with Gasteiger partial charge in [0.15, 0.2) is 5.82 Å². The predicted molar refractivity (Wildman–Crippen MR) is 104 cm³/mol. The summed E-state index contributed by atoms with van der Waals surface area (Å²) in [4.78, 5) is 11.4. The number of aromatic amines is 1. The smallest absolute Gasteiger partial charge is 0.224 e. The number of likely N-dealkylation sites (tertiary alicyclic amines) is 1. The van der Waals surface area contributed by atoms with Crippen LogP contribution in [-0.2, 0) is 0 Å². The van der Waals surface area contributed by atoms with Gasteiger partial charge in [0.05, 0.1) is 0 Å². The van der Waals surface area contributed by atoms with Crippen LogP contribution in [0.2, 0.25) is 0 Å². The Morgan fingerprint density at radius 3 is 2.78 bits per heavy atom. The second-order valence-electron chi connectivity index (χ2n) is 9.46. The molecule has 2 bridgehead atoms. The van der Waals surface area contributed by atoms with E-state index in [-0.39, 0.29) is 0 Å². The van der Waals surface area contributed by atoms with Gasteiger partial charge in [0.25, 0.3) is 0 Å². The van der Waals surface area contributed by atoms with E-state index >= 15 is 0 Å². The minimum absolute atomic E-state index is 0.500. The van der Waals surface area contributed by atoms with E-state index < -0.39 is 0 Å². The molecule has 7 nitrogen and oxygen atoms in total.